The van der Waals surface area contributed by atoms with E-state index in [1.807, 2.05) is 25.1 Å². The molecule has 1 aromatic rings. The summed E-state index contributed by atoms with van der Waals surface area (Å²) in [6.45, 7) is 2.61. The van der Waals surface area contributed by atoms with E-state index in [1.54, 1.807) is 0 Å². The second kappa shape index (κ2) is 6.91. The number of rotatable bonds is 3. The van der Waals surface area contributed by atoms with Crippen LogP contribution in [0.2, 0.25) is 0 Å². The first-order chi connectivity index (χ1) is 10.1. The van der Waals surface area contributed by atoms with E-state index in [-0.39, 0.29) is 24.4 Å². The largest absolute Gasteiger partial charge is 0.352 e. The van der Waals surface area contributed by atoms with Gasteiger partial charge in [0.1, 0.15) is 0 Å². The summed E-state index contributed by atoms with van der Waals surface area (Å²) in [5, 5.41) is 5.68. The first-order valence-corrected chi connectivity index (χ1v) is 6.97. The van der Waals surface area contributed by atoms with Gasteiger partial charge in [0, 0.05) is 24.6 Å². The summed E-state index contributed by atoms with van der Waals surface area (Å²) in [7, 11) is 0. The van der Waals surface area contributed by atoms with Crippen LogP contribution in [0.25, 0.3) is 0 Å². The molecule has 4 N–H and O–H groups in total. The highest BCUT2D eigenvalue weighted by Crippen LogP contribution is 2.11. The van der Waals surface area contributed by atoms with Gasteiger partial charge < -0.3 is 16.4 Å². The minimum absolute atomic E-state index is 0.0184. The Morgan fingerprint density at radius 3 is 3.00 bits per heavy atom. The van der Waals surface area contributed by atoms with Gasteiger partial charge in [-0.15, -0.1) is 0 Å². The fourth-order valence-electron chi connectivity index (χ4n) is 2.24. The summed E-state index contributed by atoms with van der Waals surface area (Å²) < 4.78 is 0. The minimum atomic E-state index is -0.179. The molecular formula is C16H19N3O2. The van der Waals surface area contributed by atoms with Crippen LogP contribution in [0.5, 0.6) is 0 Å². The van der Waals surface area contributed by atoms with E-state index in [0.717, 1.165) is 12.0 Å². The fourth-order valence-corrected chi connectivity index (χ4v) is 2.24. The van der Waals surface area contributed by atoms with E-state index in [9.17, 15) is 9.59 Å². The van der Waals surface area contributed by atoms with Crippen LogP contribution in [0, 0.1) is 18.8 Å². The van der Waals surface area contributed by atoms with Gasteiger partial charge in [-0.1, -0.05) is 23.5 Å². The van der Waals surface area contributed by atoms with Crippen molar-refractivity contribution in [2.24, 2.45) is 5.73 Å². The molecule has 5 nitrogen and oxygen atoms in total. The molecule has 21 heavy (non-hydrogen) atoms. The Balaban J connectivity index is 2.07. The van der Waals surface area contributed by atoms with Crippen LogP contribution in [-0.2, 0) is 4.79 Å². The van der Waals surface area contributed by atoms with Crippen molar-refractivity contribution in [3.05, 3.63) is 34.9 Å². The first kappa shape index (κ1) is 15.1. The second-order valence-corrected chi connectivity index (χ2v) is 5.07. The molecule has 1 saturated heterocycles. The monoisotopic (exact) mass is 285 g/mol. The molecule has 5 heteroatoms. The average molecular weight is 285 g/mol. The van der Waals surface area contributed by atoms with E-state index in [2.05, 4.69) is 22.5 Å². The van der Waals surface area contributed by atoms with Gasteiger partial charge in [0.25, 0.3) is 5.91 Å². The number of aryl methyl sites for hydroxylation is 1. The number of carbonyl (C=O) groups is 2. The number of hydrogen-bond donors (Lipinski definition) is 3. The standard InChI is InChI=1S/C16H19N3O2/c1-11-4-5-12(3-2-8-17)14(9-11)16(21)18-10-13-6-7-15(20)19-13/h4-5,9,13H,6-8,10,17H2,1H3,(H,18,21)(H,19,20). The molecule has 2 rings (SSSR count). The third-order valence-electron chi connectivity index (χ3n) is 3.34. The summed E-state index contributed by atoms with van der Waals surface area (Å²) in [5.74, 6) is 5.54. The maximum atomic E-state index is 12.3. The lowest BCUT2D eigenvalue weighted by molar-refractivity contribution is -0.119. The summed E-state index contributed by atoms with van der Waals surface area (Å²) in [6, 6.07) is 5.56. The van der Waals surface area contributed by atoms with Gasteiger partial charge in [-0.25, -0.2) is 0 Å². The molecule has 1 aliphatic rings. The van der Waals surface area contributed by atoms with Gasteiger partial charge in [0.2, 0.25) is 5.91 Å². The van der Waals surface area contributed by atoms with Crippen LogP contribution in [0.3, 0.4) is 0 Å². The molecular weight excluding hydrogens is 266 g/mol. The van der Waals surface area contributed by atoms with Crippen molar-refractivity contribution >= 4 is 11.8 Å². The van der Waals surface area contributed by atoms with E-state index < -0.39 is 0 Å². The van der Waals surface area contributed by atoms with Gasteiger partial charge in [0.05, 0.1) is 12.1 Å². The lowest BCUT2D eigenvalue weighted by Gasteiger charge is -2.12. The van der Waals surface area contributed by atoms with Crippen molar-refractivity contribution in [3.8, 4) is 11.8 Å². The van der Waals surface area contributed by atoms with E-state index in [4.69, 9.17) is 5.73 Å². The molecule has 1 aliphatic heterocycles. The first-order valence-electron chi connectivity index (χ1n) is 6.97. The normalized spacial score (nSPS) is 16.9. The molecule has 0 aromatic heterocycles. The molecule has 1 aromatic carbocycles. The van der Waals surface area contributed by atoms with Gasteiger partial charge >= 0.3 is 0 Å². The van der Waals surface area contributed by atoms with Gasteiger partial charge in [0.15, 0.2) is 0 Å². The molecule has 0 aliphatic carbocycles. The maximum absolute atomic E-state index is 12.3. The molecule has 1 atom stereocenters. The number of benzene rings is 1. The highest BCUT2D eigenvalue weighted by molar-refractivity contribution is 5.97. The zero-order valence-corrected chi connectivity index (χ0v) is 12.0. The quantitative estimate of drug-likeness (QED) is 0.699. The van der Waals surface area contributed by atoms with Crippen LogP contribution >= 0.6 is 0 Å². The zero-order chi connectivity index (χ0) is 15.2. The third-order valence-corrected chi connectivity index (χ3v) is 3.34. The highest BCUT2D eigenvalue weighted by atomic mass is 16.2. The Bertz CT molecular complexity index is 614. The fraction of sp³-hybridized carbons (Fsp3) is 0.375. The minimum Gasteiger partial charge on any atom is -0.352 e. The zero-order valence-electron chi connectivity index (χ0n) is 12.0. The topological polar surface area (TPSA) is 84.2 Å². The molecule has 0 bridgehead atoms. The summed E-state index contributed by atoms with van der Waals surface area (Å²) in [4.78, 5) is 23.4. The van der Waals surface area contributed by atoms with Crippen LogP contribution in [0.15, 0.2) is 18.2 Å². The van der Waals surface area contributed by atoms with Gasteiger partial charge in [-0.3, -0.25) is 9.59 Å². The lowest BCUT2D eigenvalue weighted by atomic mass is 10.0. The van der Waals surface area contributed by atoms with Crippen molar-refractivity contribution in [1.29, 1.82) is 0 Å². The van der Waals surface area contributed by atoms with Crippen molar-refractivity contribution in [2.45, 2.75) is 25.8 Å². The second-order valence-electron chi connectivity index (χ2n) is 5.07. The molecule has 0 spiro atoms. The highest BCUT2D eigenvalue weighted by Gasteiger charge is 2.21. The number of nitrogens with one attached hydrogen (secondary N) is 2. The van der Waals surface area contributed by atoms with Gasteiger partial charge in [-0.2, -0.15) is 0 Å². The molecule has 2 amide bonds. The van der Waals surface area contributed by atoms with E-state index >= 15 is 0 Å². The molecule has 1 heterocycles. The Labute approximate surface area is 124 Å². The number of hydrogen-bond acceptors (Lipinski definition) is 3. The average Bonchev–Trinajstić information content (AvgIpc) is 2.89. The Kier molecular flexibility index (Phi) is 4.96. The number of carbonyl (C=O) groups excluding carboxylic acids is 2. The summed E-state index contributed by atoms with van der Waals surface area (Å²) in [6.07, 6.45) is 1.28. The van der Waals surface area contributed by atoms with Gasteiger partial charge in [-0.05, 0) is 25.5 Å². The van der Waals surface area contributed by atoms with Crippen LogP contribution in [0.1, 0.15) is 34.3 Å². The van der Waals surface area contributed by atoms with Crippen molar-refractivity contribution in [2.75, 3.05) is 13.1 Å². The van der Waals surface area contributed by atoms with Crippen LogP contribution in [-0.4, -0.2) is 30.9 Å². The Hall–Kier alpha value is -2.32. The van der Waals surface area contributed by atoms with Crippen molar-refractivity contribution in [3.63, 3.8) is 0 Å². The van der Waals surface area contributed by atoms with Crippen LogP contribution in [0.4, 0.5) is 0 Å². The smallest absolute Gasteiger partial charge is 0.252 e. The number of amides is 2. The molecule has 0 saturated carbocycles. The molecule has 1 fully saturated rings. The number of nitrogens with two attached hydrogens (primary N) is 1. The Morgan fingerprint density at radius 2 is 2.33 bits per heavy atom. The molecule has 1 unspecified atom stereocenters. The predicted octanol–water partition coefficient (Wildman–Crippen LogP) is 0.314. The molecule has 110 valence electrons. The van der Waals surface area contributed by atoms with E-state index in [0.29, 0.717) is 24.1 Å². The van der Waals surface area contributed by atoms with Crippen LogP contribution < -0.4 is 16.4 Å². The predicted molar refractivity (Wildman–Crippen MR) is 80.6 cm³/mol. The molecule has 0 radical (unpaired) electrons. The summed E-state index contributed by atoms with van der Waals surface area (Å²) in [5.41, 5.74) is 7.57. The third kappa shape index (κ3) is 4.07. The lowest BCUT2D eigenvalue weighted by Crippen LogP contribution is -2.38. The van der Waals surface area contributed by atoms with Crippen molar-refractivity contribution in [1.82, 2.24) is 10.6 Å². The maximum Gasteiger partial charge on any atom is 0.252 e. The van der Waals surface area contributed by atoms with Crippen molar-refractivity contribution < 1.29 is 9.59 Å². The summed E-state index contributed by atoms with van der Waals surface area (Å²) >= 11 is 0. The Morgan fingerprint density at radius 1 is 1.52 bits per heavy atom. The SMILES string of the molecule is Cc1ccc(C#CCN)c(C(=O)NCC2CCC(=O)N2)c1. The van der Waals surface area contributed by atoms with E-state index in [1.165, 1.54) is 0 Å².